The Morgan fingerprint density at radius 3 is 1.36 bits per heavy atom. The molecule has 11 heteroatoms. The quantitative estimate of drug-likeness (QED) is 0.496. The number of aliphatic carboxylic acids is 2. The Morgan fingerprint density at radius 2 is 1.12 bits per heavy atom. The Morgan fingerprint density at radius 1 is 0.800 bits per heavy atom. The van der Waals surface area contributed by atoms with Gasteiger partial charge in [0, 0.05) is 13.1 Å². The van der Waals surface area contributed by atoms with Gasteiger partial charge in [-0.25, -0.2) is 0 Å². The lowest BCUT2D eigenvalue weighted by atomic mass is 10.2. The predicted molar refractivity (Wildman–Crippen MR) is 78.6 cm³/mol. The number of quaternary nitrogens is 2. The maximum Gasteiger partial charge on any atom is 0.278 e. The molecule has 0 aromatic heterocycles. The highest BCUT2D eigenvalue weighted by atomic mass is 16.4. The van der Waals surface area contributed by atoms with Gasteiger partial charge in [0.2, 0.25) is 0 Å². The Hall–Kier alpha value is -2.24. The maximum absolute atomic E-state index is 11.1. The minimum atomic E-state index is -1.16. The molecular formula is C14H26N4O7. The van der Waals surface area contributed by atoms with Crippen molar-refractivity contribution in [1.29, 1.82) is 0 Å². The Labute approximate surface area is 144 Å². The van der Waals surface area contributed by atoms with E-state index >= 15 is 0 Å². The molecular weight excluding hydrogens is 336 g/mol. The van der Waals surface area contributed by atoms with Crippen molar-refractivity contribution in [3.05, 3.63) is 0 Å². The van der Waals surface area contributed by atoms with Crippen molar-refractivity contribution in [2.45, 2.75) is 37.8 Å². The van der Waals surface area contributed by atoms with E-state index in [0.717, 1.165) is 12.8 Å². The second-order valence-electron chi connectivity index (χ2n) is 5.63. The molecule has 0 unspecified atom stereocenters. The van der Waals surface area contributed by atoms with Crippen molar-refractivity contribution in [2.75, 3.05) is 26.2 Å². The first-order valence-electron chi connectivity index (χ1n) is 7.92. The summed E-state index contributed by atoms with van der Waals surface area (Å²) in [5.74, 6) is -2.73. The van der Waals surface area contributed by atoms with Crippen LogP contribution in [0.2, 0.25) is 0 Å². The van der Waals surface area contributed by atoms with Crippen molar-refractivity contribution in [3.8, 4) is 0 Å². The topological polar surface area (TPSA) is 208 Å². The zero-order valence-electron chi connectivity index (χ0n) is 14.1. The molecule has 8 N–H and O–H groups in total. The van der Waals surface area contributed by atoms with Gasteiger partial charge in [-0.15, -0.1) is 0 Å². The van der Waals surface area contributed by atoms with Crippen LogP contribution in [0.15, 0.2) is 0 Å². The molecule has 25 heavy (non-hydrogen) atoms. The first-order chi connectivity index (χ1) is 11.3. The molecule has 2 amide bonds. The average Bonchev–Trinajstić information content (AvgIpc) is 3.22. The van der Waals surface area contributed by atoms with Gasteiger partial charge in [-0.05, 0) is 25.7 Å². The van der Waals surface area contributed by atoms with E-state index < -0.39 is 24.0 Å². The van der Waals surface area contributed by atoms with Gasteiger partial charge in [-0.3, -0.25) is 9.59 Å². The van der Waals surface area contributed by atoms with Crippen LogP contribution in [0.4, 0.5) is 0 Å². The van der Waals surface area contributed by atoms with E-state index in [9.17, 15) is 29.4 Å². The second-order valence-corrected chi connectivity index (χ2v) is 5.63. The van der Waals surface area contributed by atoms with Gasteiger partial charge in [0.25, 0.3) is 11.8 Å². The molecule has 2 fully saturated rings. The minimum Gasteiger partial charge on any atom is -0.548 e. The number of nitrogens with zero attached hydrogens (tertiary/aromatic N) is 2. The smallest absolute Gasteiger partial charge is 0.278 e. The van der Waals surface area contributed by atoms with Crippen LogP contribution in [0.5, 0.6) is 0 Å². The summed E-state index contributed by atoms with van der Waals surface area (Å²) in [5.41, 5.74) is 6.84. The van der Waals surface area contributed by atoms with Gasteiger partial charge in [0.1, 0.15) is 0 Å². The molecule has 0 aromatic carbocycles. The summed E-state index contributed by atoms with van der Waals surface area (Å²) in [6.07, 6.45) is 2.50. The highest BCUT2D eigenvalue weighted by molar-refractivity contribution is 5.84. The maximum atomic E-state index is 11.1. The first-order valence-corrected chi connectivity index (χ1v) is 7.92. The number of carbonyl (C=O) groups excluding carboxylic acids is 4. The normalized spacial score (nSPS) is 21.8. The van der Waals surface area contributed by atoms with E-state index in [0.29, 0.717) is 25.9 Å². The lowest BCUT2D eigenvalue weighted by Crippen LogP contribution is -2.60. The van der Waals surface area contributed by atoms with Gasteiger partial charge in [0.05, 0.1) is 24.0 Å². The third-order valence-corrected chi connectivity index (χ3v) is 4.12. The summed E-state index contributed by atoms with van der Waals surface area (Å²) < 4.78 is 0. The second kappa shape index (κ2) is 10.6. The van der Waals surface area contributed by atoms with Gasteiger partial charge in [-0.1, -0.05) is 0 Å². The molecule has 11 nitrogen and oxygen atoms in total. The Bertz CT molecular complexity index is 456. The monoisotopic (exact) mass is 362 g/mol. The molecule has 2 heterocycles. The first kappa shape index (κ1) is 22.8. The molecule has 144 valence electrons. The predicted octanol–water partition coefficient (Wildman–Crippen LogP) is -6.89. The number of carboxylic acid groups (broad SMARTS) is 2. The molecule has 0 saturated carbocycles. The van der Waals surface area contributed by atoms with E-state index in [-0.39, 0.29) is 30.4 Å². The van der Waals surface area contributed by atoms with E-state index in [4.69, 9.17) is 0 Å². The standard InChI is InChI=1S/2C7H12N2O3.H2O/c2*8-4-6(10)9-3-1-2-5(9)7(11)12;/h2*5H,1-4,8H2,(H,11,12);1H2/t2*5-;/m00./s1. The van der Waals surface area contributed by atoms with Crippen LogP contribution in [-0.2, 0) is 19.2 Å². The van der Waals surface area contributed by atoms with Crippen molar-refractivity contribution in [3.63, 3.8) is 0 Å². The minimum absolute atomic E-state index is 0. The van der Waals surface area contributed by atoms with Crippen molar-refractivity contribution in [1.82, 2.24) is 9.80 Å². The molecule has 0 spiro atoms. The van der Waals surface area contributed by atoms with Gasteiger partial charge < -0.3 is 46.5 Å². The van der Waals surface area contributed by atoms with Crippen LogP contribution in [0.3, 0.4) is 0 Å². The molecule has 2 aliphatic rings. The van der Waals surface area contributed by atoms with Crippen molar-refractivity contribution in [2.24, 2.45) is 0 Å². The highest BCUT2D eigenvalue weighted by Gasteiger charge is 2.30. The zero-order chi connectivity index (χ0) is 18.3. The van der Waals surface area contributed by atoms with Crippen LogP contribution >= 0.6 is 0 Å². The summed E-state index contributed by atoms with van der Waals surface area (Å²) >= 11 is 0. The van der Waals surface area contributed by atoms with E-state index in [1.807, 2.05) is 0 Å². The SMILES string of the molecule is O.[NH3+]CC(=O)N1CCC[C@H]1C(=O)[O-].[NH3+]CC(=O)N1CCC[C@H]1C(=O)[O-]. The highest BCUT2D eigenvalue weighted by Crippen LogP contribution is 2.16. The third-order valence-electron chi connectivity index (χ3n) is 4.12. The largest absolute Gasteiger partial charge is 0.548 e. The molecule has 0 aliphatic carbocycles. The Balaban J connectivity index is 0.000000443. The van der Waals surface area contributed by atoms with Crippen LogP contribution in [0, 0.1) is 0 Å². The number of hydrogen-bond acceptors (Lipinski definition) is 6. The Kier molecular flexibility index (Phi) is 9.64. The van der Waals surface area contributed by atoms with Crippen molar-refractivity contribution < 1.29 is 46.3 Å². The zero-order valence-corrected chi connectivity index (χ0v) is 14.1. The average molecular weight is 362 g/mol. The molecule has 2 saturated heterocycles. The van der Waals surface area contributed by atoms with E-state index in [1.165, 1.54) is 9.80 Å². The number of amides is 2. The fraction of sp³-hybridized carbons (Fsp3) is 0.714. The van der Waals surface area contributed by atoms with Crippen LogP contribution < -0.4 is 21.7 Å². The summed E-state index contributed by atoms with van der Waals surface area (Å²) in [4.78, 5) is 45.9. The number of likely N-dealkylation sites (tertiary alicyclic amines) is 2. The number of carboxylic acids is 2. The fourth-order valence-electron chi connectivity index (χ4n) is 2.91. The fourth-order valence-corrected chi connectivity index (χ4v) is 2.91. The molecule has 2 rings (SSSR count). The van der Waals surface area contributed by atoms with Crippen LogP contribution in [0.25, 0.3) is 0 Å². The molecule has 0 radical (unpaired) electrons. The van der Waals surface area contributed by atoms with Gasteiger partial charge in [-0.2, -0.15) is 0 Å². The van der Waals surface area contributed by atoms with Crippen molar-refractivity contribution >= 4 is 23.8 Å². The van der Waals surface area contributed by atoms with Crippen LogP contribution in [0.1, 0.15) is 25.7 Å². The molecule has 2 atom stereocenters. The van der Waals surface area contributed by atoms with E-state index in [2.05, 4.69) is 11.5 Å². The van der Waals surface area contributed by atoms with Crippen LogP contribution in [-0.4, -0.2) is 77.3 Å². The number of hydrogen-bond donors (Lipinski definition) is 2. The third kappa shape index (κ3) is 5.96. The summed E-state index contributed by atoms with van der Waals surface area (Å²) in [5, 5.41) is 21.0. The summed E-state index contributed by atoms with van der Waals surface area (Å²) in [7, 11) is 0. The molecule has 0 bridgehead atoms. The van der Waals surface area contributed by atoms with Gasteiger partial charge >= 0.3 is 0 Å². The molecule has 2 aliphatic heterocycles. The number of rotatable bonds is 4. The summed E-state index contributed by atoms with van der Waals surface area (Å²) in [6, 6.07) is -1.45. The lowest BCUT2D eigenvalue weighted by Gasteiger charge is -2.23. The molecule has 0 aromatic rings. The van der Waals surface area contributed by atoms with Gasteiger partial charge in [0.15, 0.2) is 13.1 Å². The lowest BCUT2D eigenvalue weighted by molar-refractivity contribution is -0.358. The number of carbonyl (C=O) groups is 4. The van der Waals surface area contributed by atoms with E-state index in [1.54, 1.807) is 0 Å². The summed E-state index contributed by atoms with van der Waals surface area (Å²) in [6.45, 7) is 1.27.